The monoisotopic (exact) mass is 426 g/mol. The van der Waals surface area contributed by atoms with E-state index in [2.05, 4.69) is 15.3 Å². The number of amidine groups is 2. The lowest BCUT2D eigenvalue weighted by Gasteiger charge is -2.25. The minimum absolute atomic E-state index is 0.0761. The highest BCUT2D eigenvalue weighted by molar-refractivity contribution is 8.14. The molecular weight excluding hydrogens is 408 g/mol. The van der Waals surface area contributed by atoms with Crippen molar-refractivity contribution in [3.63, 3.8) is 0 Å². The lowest BCUT2D eigenvalue weighted by atomic mass is 10.1. The summed E-state index contributed by atoms with van der Waals surface area (Å²) in [4.78, 5) is 36.2. The number of carbonyl (C=O) groups is 2. The van der Waals surface area contributed by atoms with E-state index < -0.39 is 6.04 Å². The Morgan fingerprint density at radius 1 is 1.21 bits per heavy atom. The maximum Gasteiger partial charge on any atom is 0.259 e. The minimum atomic E-state index is -0.440. The van der Waals surface area contributed by atoms with Crippen molar-refractivity contribution >= 4 is 57.6 Å². The molecule has 0 saturated heterocycles. The highest BCUT2D eigenvalue weighted by Crippen LogP contribution is 2.34. The molecule has 2 aliphatic rings. The second-order valence-electron chi connectivity index (χ2n) is 7.07. The van der Waals surface area contributed by atoms with Crippen molar-refractivity contribution in [2.75, 3.05) is 11.1 Å². The van der Waals surface area contributed by atoms with Crippen LogP contribution in [0.1, 0.15) is 19.4 Å². The number of amides is 2. The molecule has 0 fully saturated rings. The van der Waals surface area contributed by atoms with Gasteiger partial charge in [0.1, 0.15) is 11.9 Å². The van der Waals surface area contributed by atoms with Crippen LogP contribution >= 0.6 is 23.4 Å². The van der Waals surface area contributed by atoms with E-state index in [0.29, 0.717) is 21.7 Å². The number of anilines is 1. The summed E-state index contributed by atoms with van der Waals surface area (Å²) in [5, 5.41) is 3.90. The van der Waals surface area contributed by atoms with Gasteiger partial charge in [0.05, 0.1) is 11.4 Å². The van der Waals surface area contributed by atoms with Gasteiger partial charge in [-0.05, 0) is 42.3 Å². The van der Waals surface area contributed by atoms with Gasteiger partial charge in [-0.1, -0.05) is 49.3 Å². The van der Waals surface area contributed by atoms with Crippen molar-refractivity contribution < 1.29 is 9.59 Å². The third kappa shape index (κ3) is 3.93. The molecular formula is C21H19ClN4O2S. The third-order valence-corrected chi connectivity index (χ3v) is 5.78. The second kappa shape index (κ2) is 8.00. The largest absolute Gasteiger partial charge is 0.325 e. The van der Waals surface area contributed by atoms with Gasteiger partial charge < -0.3 is 5.32 Å². The summed E-state index contributed by atoms with van der Waals surface area (Å²) in [6.45, 7) is 3.95. The number of rotatable bonds is 4. The molecule has 1 N–H and O–H groups in total. The maximum absolute atomic E-state index is 13.0. The van der Waals surface area contributed by atoms with Gasteiger partial charge in [-0.15, -0.1) is 0 Å². The van der Waals surface area contributed by atoms with E-state index in [-0.39, 0.29) is 23.5 Å². The highest BCUT2D eigenvalue weighted by Gasteiger charge is 2.42. The van der Waals surface area contributed by atoms with Crippen LogP contribution in [-0.2, 0) is 9.59 Å². The summed E-state index contributed by atoms with van der Waals surface area (Å²) < 4.78 is 0. The zero-order valence-electron chi connectivity index (χ0n) is 15.9. The van der Waals surface area contributed by atoms with Crippen molar-refractivity contribution in [3.8, 4) is 0 Å². The topological polar surface area (TPSA) is 74.1 Å². The van der Waals surface area contributed by atoms with Gasteiger partial charge in [0.25, 0.3) is 5.91 Å². The van der Waals surface area contributed by atoms with Crippen LogP contribution in [0.3, 0.4) is 0 Å². The average molecular weight is 427 g/mol. The van der Waals surface area contributed by atoms with E-state index >= 15 is 0 Å². The number of carbonyl (C=O) groups excluding carboxylic acids is 2. The first-order chi connectivity index (χ1) is 13.9. The molecule has 1 atom stereocenters. The summed E-state index contributed by atoms with van der Waals surface area (Å²) in [5.41, 5.74) is 2.24. The van der Waals surface area contributed by atoms with Gasteiger partial charge in [-0.2, -0.15) is 0 Å². The predicted octanol–water partition coefficient (Wildman–Crippen LogP) is 4.33. The summed E-state index contributed by atoms with van der Waals surface area (Å²) in [7, 11) is 0. The van der Waals surface area contributed by atoms with Crippen molar-refractivity contribution in [3.05, 3.63) is 59.1 Å². The van der Waals surface area contributed by atoms with Crippen molar-refractivity contribution in [1.82, 2.24) is 4.90 Å². The van der Waals surface area contributed by atoms with E-state index in [1.54, 1.807) is 29.2 Å². The first-order valence-corrected chi connectivity index (χ1v) is 10.6. The molecule has 0 unspecified atom stereocenters. The molecule has 2 amide bonds. The Bertz CT molecular complexity index is 1030. The molecule has 148 valence electrons. The van der Waals surface area contributed by atoms with Crippen LogP contribution < -0.4 is 5.32 Å². The minimum Gasteiger partial charge on any atom is -0.325 e. The third-order valence-electron chi connectivity index (χ3n) is 4.59. The van der Waals surface area contributed by atoms with Crippen molar-refractivity contribution in [1.29, 1.82) is 0 Å². The van der Waals surface area contributed by atoms with Crippen molar-refractivity contribution in [2.45, 2.75) is 19.9 Å². The SMILES string of the molecule is CC(C)[C@@H]1N=C2c3ccccc3N=C(SCC(=O)Nc3ccc(Cl)cc3)N2C1=O. The summed E-state index contributed by atoms with van der Waals surface area (Å²) in [6.07, 6.45) is 0. The second-order valence-corrected chi connectivity index (χ2v) is 8.45. The fourth-order valence-corrected chi connectivity index (χ4v) is 4.09. The Morgan fingerprint density at radius 3 is 2.66 bits per heavy atom. The summed E-state index contributed by atoms with van der Waals surface area (Å²) in [6, 6.07) is 14.1. The number of aliphatic imine (C=N–C) groups is 2. The van der Waals surface area contributed by atoms with Crippen molar-refractivity contribution in [2.24, 2.45) is 15.9 Å². The fourth-order valence-electron chi connectivity index (χ4n) is 3.16. The van der Waals surface area contributed by atoms with Crippen LogP contribution in [0.25, 0.3) is 0 Å². The van der Waals surface area contributed by atoms with Crippen LogP contribution in [0.2, 0.25) is 5.02 Å². The maximum atomic E-state index is 13.0. The lowest BCUT2D eigenvalue weighted by molar-refractivity contribution is -0.125. The molecule has 2 aromatic rings. The molecule has 0 aromatic heterocycles. The average Bonchev–Trinajstić information content (AvgIpc) is 3.06. The summed E-state index contributed by atoms with van der Waals surface area (Å²) in [5.74, 6) is 0.512. The smallest absolute Gasteiger partial charge is 0.259 e. The van der Waals surface area contributed by atoms with E-state index in [1.165, 1.54) is 11.8 Å². The zero-order chi connectivity index (χ0) is 20.5. The number of hydrogen-bond donors (Lipinski definition) is 1. The van der Waals surface area contributed by atoms with E-state index in [4.69, 9.17) is 11.6 Å². The number of benzene rings is 2. The number of hydrogen-bond acceptors (Lipinski definition) is 5. The number of nitrogens with one attached hydrogen (secondary N) is 1. The first-order valence-electron chi connectivity index (χ1n) is 9.22. The van der Waals surface area contributed by atoms with E-state index in [1.807, 2.05) is 38.1 Å². The zero-order valence-corrected chi connectivity index (χ0v) is 17.5. The van der Waals surface area contributed by atoms with E-state index in [0.717, 1.165) is 11.3 Å². The first kappa shape index (κ1) is 19.7. The Morgan fingerprint density at radius 2 is 1.93 bits per heavy atom. The molecule has 6 nitrogen and oxygen atoms in total. The molecule has 29 heavy (non-hydrogen) atoms. The van der Waals surface area contributed by atoms with E-state index in [9.17, 15) is 9.59 Å². The lowest BCUT2D eigenvalue weighted by Crippen LogP contribution is -2.42. The van der Waals surface area contributed by atoms with Gasteiger partial charge in [-0.3, -0.25) is 14.6 Å². The van der Waals surface area contributed by atoms with Gasteiger partial charge in [0.2, 0.25) is 5.91 Å². The van der Waals surface area contributed by atoms with Crippen LogP contribution in [-0.4, -0.2) is 39.5 Å². The number of nitrogens with zero attached hydrogens (tertiary/aromatic N) is 3. The number of fused-ring (bicyclic) bond motifs is 3. The molecule has 0 aliphatic carbocycles. The molecule has 4 rings (SSSR count). The van der Waals surface area contributed by atoms with Crippen LogP contribution in [0.15, 0.2) is 58.5 Å². The van der Waals surface area contributed by atoms with Gasteiger partial charge in [0, 0.05) is 16.3 Å². The van der Waals surface area contributed by atoms with Gasteiger partial charge in [-0.25, -0.2) is 9.89 Å². The van der Waals surface area contributed by atoms with Gasteiger partial charge in [0.15, 0.2) is 5.17 Å². The quantitative estimate of drug-likeness (QED) is 0.790. The van der Waals surface area contributed by atoms with Crippen LogP contribution in [0.5, 0.6) is 0 Å². The fraction of sp³-hybridized carbons (Fsp3) is 0.238. The molecule has 2 heterocycles. The number of para-hydroxylation sites is 1. The predicted molar refractivity (Wildman–Crippen MR) is 118 cm³/mol. The molecule has 8 heteroatoms. The number of thioether (sulfide) groups is 1. The Labute approximate surface area is 178 Å². The Kier molecular flexibility index (Phi) is 5.43. The molecule has 2 aromatic carbocycles. The molecule has 0 radical (unpaired) electrons. The molecule has 0 saturated carbocycles. The Balaban J connectivity index is 1.54. The molecule has 0 spiro atoms. The number of halogens is 1. The summed E-state index contributed by atoms with van der Waals surface area (Å²) >= 11 is 7.09. The normalized spacial score (nSPS) is 17.6. The van der Waals surface area contributed by atoms with Crippen LogP contribution in [0.4, 0.5) is 11.4 Å². The molecule has 2 aliphatic heterocycles. The van der Waals surface area contributed by atoms with Crippen LogP contribution in [0, 0.1) is 5.92 Å². The Hall–Kier alpha value is -2.64. The van der Waals surface area contributed by atoms with Gasteiger partial charge >= 0.3 is 0 Å². The highest BCUT2D eigenvalue weighted by atomic mass is 35.5. The standard InChI is InChI=1S/C21H19ClN4O2S/c1-12(2)18-20(28)26-19(25-18)15-5-3-4-6-16(15)24-21(26)29-11-17(27)23-14-9-7-13(22)8-10-14/h3-10,12,18H,11H2,1-2H3,(H,23,27)/t18-/m0/s1. The molecule has 0 bridgehead atoms.